The Morgan fingerprint density at radius 2 is 1.72 bits per heavy atom. The molecule has 29 heavy (non-hydrogen) atoms. The second-order valence-electron chi connectivity index (χ2n) is 7.24. The zero-order valence-electron chi connectivity index (χ0n) is 16.2. The zero-order chi connectivity index (χ0) is 20.6. The fourth-order valence-electron chi connectivity index (χ4n) is 3.02. The molecule has 1 N–H and O–H groups in total. The summed E-state index contributed by atoms with van der Waals surface area (Å²) in [5.74, 6) is 0.124. The molecule has 1 saturated carbocycles. The normalized spacial score (nSPS) is 14.2. The third kappa shape index (κ3) is 3.94. The van der Waals surface area contributed by atoms with Gasteiger partial charge in [-0.05, 0) is 55.3 Å². The van der Waals surface area contributed by atoms with Crippen LogP contribution in [0.5, 0.6) is 0 Å². The van der Waals surface area contributed by atoms with Gasteiger partial charge >= 0.3 is 0 Å². The highest BCUT2D eigenvalue weighted by atomic mass is 32.2. The predicted octanol–water partition coefficient (Wildman–Crippen LogP) is 3.25. The highest BCUT2D eigenvalue weighted by Gasteiger charge is 2.29. The van der Waals surface area contributed by atoms with E-state index in [1.165, 1.54) is 26.2 Å². The van der Waals surface area contributed by atoms with E-state index in [2.05, 4.69) is 10.4 Å². The van der Waals surface area contributed by atoms with Crippen LogP contribution in [0.4, 0.5) is 5.69 Å². The van der Waals surface area contributed by atoms with E-state index in [0.29, 0.717) is 17.3 Å². The summed E-state index contributed by atoms with van der Waals surface area (Å²) >= 11 is 0. The maximum Gasteiger partial charge on any atom is 0.274 e. The monoisotopic (exact) mass is 410 g/mol. The molecular formula is C21H22N4O3S. The standard InChI is InChI=1S/C21H22N4O3S/c1-24(2)29(27,28)18-12-10-16(11-13-18)22-21(26)20-14-19(15-8-9-15)23-25(20)17-6-4-3-5-7-17/h3-7,10-15H,8-9H2,1-2H3,(H,22,26). The quantitative estimate of drug-likeness (QED) is 0.676. The molecule has 0 unspecified atom stereocenters. The van der Waals surface area contributed by atoms with Crippen LogP contribution in [0.25, 0.3) is 5.69 Å². The Bertz CT molecular complexity index is 1130. The fourth-order valence-corrected chi connectivity index (χ4v) is 3.92. The van der Waals surface area contributed by atoms with Gasteiger partial charge in [0.15, 0.2) is 0 Å². The Hall–Kier alpha value is -2.97. The number of hydrogen-bond acceptors (Lipinski definition) is 4. The molecule has 0 saturated heterocycles. The number of carbonyl (C=O) groups excluding carboxylic acids is 1. The van der Waals surface area contributed by atoms with E-state index < -0.39 is 10.0 Å². The first-order valence-corrected chi connectivity index (χ1v) is 10.8. The summed E-state index contributed by atoms with van der Waals surface area (Å²) in [4.78, 5) is 13.1. The predicted molar refractivity (Wildman–Crippen MR) is 111 cm³/mol. The molecule has 1 aromatic heterocycles. The molecule has 0 radical (unpaired) electrons. The SMILES string of the molecule is CN(C)S(=O)(=O)c1ccc(NC(=O)c2cc(C3CC3)nn2-c2ccccc2)cc1. The van der Waals surface area contributed by atoms with Gasteiger partial charge in [-0.1, -0.05) is 18.2 Å². The molecule has 7 nitrogen and oxygen atoms in total. The number of amides is 1. The van der Waals surface area contributed by atoms with E-state index in [0.717, 1.165) is 28.5 Å². The van der Waals surface area contributed by atoms with Crippen molar-refractivity contribution in [1.82, 2.24) is 14.1 Å². The average Bonchev–Trinajstić information content (AvgIpc) is 3.47. The summed E-state index contributed by atoms with van der Waals surface area (Å²) in [6.45, 7) is 0. The smallest absolute Gasteiger partial charge is 0.274 e. The van der Waals surface area contributed by atoms with E-state index in [9.17, 15) is 13.2 Å². The molecule has 2 aromatic carbocycles. The van der Waals surface area contributed by atoms with Gasteiger partial charge in [-0.2, -0.15) is 5.10 Å². The molecule has 1 fully saturated rings. The Morgan fingerprint density at radius 1 is 1.07 bits per heavy atom. The van der Waals surface area contributed by atoms with Crippen molar-refractivity contribution >= 4 is 21.6 Å². The van der Waals surface area contributed by atoms with Crippen LogP contribution in [0.1, 0.15) is 34.9 Å². The van der Waals surface area contributed by atoms with Crippen LogP contribution in [-0.2, 0) is 10.0 Å². The van der Waals surface area contributed by atoms with Gasteiger partial charge in [0.2, 0.25) is 10.0 Å². The largest absolute Gasteiger partial charge is 0.321 e. The molecule has 0 spiro atoms. The van der Waals surface area contributed by atoms with Crippen molar-refractivity contribution in [3.63, 3.8) is 0 Å². The van der Waals surface area contributed by atoms with Crippen molar-refractivity contribution in [2.24, 2.45) is 0 Å². The molecule has 0 atom stereocenters. The van der Waals surface area contributed by atoms with E-state index >= 15 is 0 Å². The number of sulfonamides is 1. The van der Waals surface area contributed by atoms with Crippen molar-refractivity contribution in [1.29, 1.82) is 0 Å². The highest BCUT2D eigenvalue weighted by Crippen LogP contribution is 2.39. The molecule has 1 heterocycles. The van der Waals surface area contributed by atoms with Gasteiger partial charge in [-0.25, -0.2) is 17.4 Å². The molecule has 1 aliphatic carbocycles. The van der Waals surface area contributed by atoms with Gasteiger partial charge in [0.05, 0.1) is 16.3 Å². The number of nitrogens with one attached hydrogen (secondary N) is 1. The molecule has 1 aliphatic rings. The number of carbonyl (C=O) groups is 1. The topological polar surface area (TPSA) is 84.3 Å². The molecule has 3 aromatic rings. The van der Waals surface area contributed by atoms with E-state index in [1.54, 1.807) is 16.8 Å². The van der Waals surface area contributed by atoms with Crippen LogP contribution >= 0.6 is 0 Å². The minimum atomic E-state index is -3.51. The van der Waals surface area contributed by atoms with Crippen LogP contribution in [0.3, 0.4) is 0 Å². The first-order chi connectivity index (χ1) is 13.9. The van der Waals surface area contributed by atoms with E-state index in [1.807, 2.05) is 36.4 Å². The first-order valence-electron chi connectivity index (χ1n) is 9.35. The lowest BCUT2D eigenvalue weighted by atomic mass is 10.2. The molecule has 1 amide bonds. The summed E-state index contributed by atoms with van der Waals surface area (Å²) in [6, 6.07) is 17.5. The molecular weight excluding hydrogens is 388 g/mol. The second kappa shape index (κ2) is 7.46. The summed E-state index contributed by atoms with van der Waals surface area (Å²) in [5, 5.41) is 7.48. The van der Waals surface area contributed by atoms with Crippen molar-refractivity contribution in [2.75, 3.05) is 19.4 Å². The van der Waals surface area contributed by atoms with Crippen LogP contribution in [-0.4, -0.2) is 42.5 Å². The molecule has 0 bridgehead atoms. The number of nitrogens with zero attached hydrogens (tertiary/aromatic N) is 3. The maximum absolute atomic E-state index is 13.0. The van der Waals surface area contributed by atoms with Crippen LogP contribution < -0.4 is 5.32 Å². The number of hydrogen-bond donors (Lipinski definition) is 1. The van der Waals surface area contributed by atoms with Crippen LogP contribution in [0.15, 0.2) is 65.6 Å². The summed E-state index contributed by atoms with van der Waals surface area (Å²) in [6.07, 6.45) is 2.18. The summed E-state index contributed by atoms with van der Waals surface area (Å²) < 4.78 is 27.2. The fraction of sp³-hybridized carbons (Fsp3) is 0.238. The van der Waals surface area contributed by atoms with Crippen LogP contribution in [0.2, 0.25) is 0 Å². The first kappa shape index (κ1) is 19.4. The molecule has 8 heteroatoms. The van der Waals surface area contributed by atoms with Gasteiger partial charge in [0.25, 0.3) is 5.91 Å². The highest BCUT2D eigenvalue weighted by molar-refractivity contribution is 7.89. The van der Waals surface area contributed by atoms with Gasteiger partial charge < -0.3 is 5.32 Å². The number of anilines is 1. The molecule has 0 aliphatic heterocycles. The van der Waals surface area contributed by atoms with Crippen molar-refractivity contribution in [2.45, 2.75) is 23.7 Å². The maximum atomic E-state index is 13.0. The van der Waals surface area contributed by atoms with Gasteiger partial charge in [0.1, 0.15) is 5.69 Å². The third-order valence-electron chi connectivity index (χ3n) is 4.85. The molecule has 4 rings (SSSR count). The Labute approximate surface area is 170 Å². The number of rotatable bonds is 6. The second-order valence-corrected chi connectivity index (χ2v) is 9.39. The van der Waals surface area contributed by atoms with Crippen molar-refractivity contribution < 1.29 is 13.2 Å². The third-order valence-corrected chi connectivity index (χ3v) is 6.68. The lowest BCUT2D eigenvalue weighted by molar-refractivity contribution is 0.101. The number of aromatic nitrogens is 2. The minimum absolute atomic E-state index is 0.172. The minimum Gasteiger partial charge on any atom is -0.321 e. The average molecular weight is 410 g/mol. The lowest BCUT2D eigenvalue weighted by Gasteiger charge is -2.12. The van der Waals surface area contributed by atoms with Crippen LogP contribution in [0, 0.1) is 0 Å². The lowest BCUT2D eigenvalue weighted by Crippen LogP contribution is -2.22. The van der Waals surface area contributed by atoms with Gasteiger partial charge in [0, 0.05) is 25.7 Å². The summed E-state index contributed by atoms with van der Waals surface area (Å²) in [5.41, 5.74) is 2.70. The Kier molecular flexibility index (Phi) is 4.97. The van der Waals surface area contributed by atoms with Crippen molar-refractivity contribution in [3.05, 3.63) is 72.1 Å². The van der Waals surface area contributed by atoms with Crippen molar-refractivity contribution in [3.8, 4) is 5.69 Å². The van der Waals surface area contributed by atoms with Gasteiger partial charge in [-0.3, -0.25) is 4.79 Å². The number of para-hydroxylation sites is 1. The van der Waals surface area contributed by atoms with Gasteiger partial charge in [-0.15, -0.1) is 0 Å². The number of benzene rings is 2. The van der Waals surface area contributed by atoms with E-state index in [-0.39, 0.29) is 10.8 Å². The zero-order valence-corrected chi connectivity index (χ0v) is 17.1. The summed E-state index contributed by atoms with van der Waals surface area (Å²) in [7, 11) is -0.551. The molecule has 150 valence electrons. The Balaban J connectivity index is 1.60. The Morgan fingerprint density at radius 3 is 2.31 bits per heavy atom. The van der Waals surface area contributed by atoms with E-state index in [4.69, 9.17) is 0 Å².